The molecule has 0 atom stereocenters. The Morgan fingerprint density at radius 1 is 0.857 bits per heavy atom. The molecule has 0 radical (unpaired) electrons. The minimum atomic E-state index is -0.339. The quantitative estimate of drug-likeness (QED) is 0.816. The molecular formula is C21H26FN5O. The van der Waals surface area contributed by atoms with Gasteiger partial charge in [-0.2, -0.15) is 0 Å². The van der Waals surface area contributed by atoms with E-state index >= 15 is 0 Å². The molecule has 3 heterocycles. The molecule has 0 saturated carbocycles. The number of carbonyl (C=O) groups is 1. The van der Waals surface area contributed by atoms with Crippen LogP contribution >= 0.6 is 0 Å². The monoisotopic (exact) mass is 383 g/mol. The highest BCUT2D eigenvalue weighted by Gasteiger charge is 2.24. The van der Waals surface area contributed by atoms with Crippen molar-refractivity contribution in [2.45, 2.75) is 26.2 Å². The Morgan fingerprint density at radius 3 is 2.04 bits per heavy atom. The van der Waals surface area contributed by atoms with Crippen LogP contribution in [0.4, 0.5) is 16.0 Å². The van der Waals surface area contributed by atoms with Gasteiger partial charge in [-0.1, -0.05) is 6.07 Å². The van der Waals surface area contributed by atoms with Gasteiger partial charge < -0.3 is 14.7 Å². The average Bonchev–Trinajstić information content (AvgIpc) is 2.76. The van der Waals surface area contributed by atoms with Crippen LogP contribution in [-0.2, 0) is 0 Å². The van der Waals surface area contributed by atoms with Crippen LogP contribution in [0.2, 0.25) is 0 Å². The fourth-order valence-corrected chi connectivity index (χ4v) is 3.83. The molecule has 0 N–H and O–H groups in total. The number of aromatic nitrogens is 2. The van der Waals surface area contributed by atoms with Crippen LogP contribution in [-0.4, -0.2) is 60.3 Å². The Hall–Kier alpha value is -2.70. The Kier molecular flexibility index (Phi) is 5.41. The lowest BCUT2D eigenvalue weighted by molar-refractivity contribution is 0.0746. The van der Waals surface area contributed by atoms with Crippen molar-refractivity contribution < 1.29 is 9.18 Å². The van der Waals surface area contributed by atoms with Crippen LogP contribution in [0, 0.1) is 12.7 Å². The number of rotatable bonds is 3. The molecule has 28 heavy (non-hydrogen) atoms. The zero-order valence-electron chi connectivity index (χ0n) is 16.3. The zero-order chi connectivity index (χ0) is 19.5. The first-order chi connectivity index (χ1) is 13.6. The van der Waals surface area contributed by atoms with Gasteiger partial charge in [0.05, 0.1) is 0 Å². The molecule has 0 bridgehead atoms. The summed E-state index contributed by atoms with van der Waals surface area (Å²) < 4.78 is 13.8. The van der Waals surface area contributed by atoms with E-state index in [1.54, 1.807) is 24.0 Å². The molecule has 0 unspecified atom stereocenters. The minimum absolute atomic E-state index is 0.120. The van der Waals surface area contributed by atoms with Gasteiger partial charge >= 0.3 is 0 Å². The largest absolute Gasteiger partial charge is 0.355 e. The van der Waals surface area contributed by atoms with Crippen LogP contribution in [0.3, 0.4) is 0 Å². The first-order valence-electron chi connectivity index (χ1n) is 10.0. The Labute approximate surface area is 165 Å². The van der Waals surface area contributed by atoms with E-state index in [1.165, 1.54) is 25.3 Å². The highest BCUT2D eigenvalue weighted by atomic mass is 19.1. The number of hydrogen-bond acceptors (Lipinski definition) is 5. The first-order valence-corrected chi connectivity index (χ1v) is 10.0. The number of carbonyl (C=O) groups excluding carboxylic acids is 1. The van der Waals surface area contributed by atoms with Gasteiger partial charge in [0.1, 0.15) is 5.82 Å². The predicted octanol–water partition coefficient (Wildman–Crippen LogP) is 2.88. The third kappa shape index (κ3) is 3.93. The normalized spacial score (nSPS) is 17.7. The maximum Gasteiger partial charge on any atom is 0.254 e. The fourth-order valence-electron chi connectivity index (χ4n) is 3.83. The highest BCUT2D eigenvalue weighted by Crippen LogP contribution is 2.20. The molecule has 2 saturated heterocycles. The van der Waals surface area contributed by atoms with Crippen molar-refractivity contribution in [2.75, 3.05) is 49.1 Å². The number of piperidine rings is 1. The molecule has 4 rings (SSSR count). The van der Waals surface area contributed by atoms with Crippen LogP contribution < -0.4 is 9.80 Å². The molecule has 1 aromatic carbocycles. The molecule has 2 aliphatic heterocycles. The van der Waals surface area contributed by atoms with Gasteiger partial charge in [0.15, 0.2) is 11.6 Å². The molecule has 0 aliphatic carbocycles. The van der Waals surface area contributed by atoms with Crippen molar-refractivity contribution in [1.29, 1.82) is 0 Å². The summed E-state index contributed by atoms with van der Waals surface area (Å²) in [4.78, 5) is 18.8. The lowest BCUT2D eigenvalue weighted by Crippen LogP contribution is -2.49. The van der Waals surface area contributed by atoms with E-state index in [-0.39, 0.29) is 11.7 Å². The van der Waals surface area contributed by atoms with Crippen LogP contribution in [0.15, 0.2) is 30.3 Å². The molecule has 2 aliphatic rings. The Morgan fingerprint density at radius 2 is 1.46 bits per heavy atom. The van der Waals surface area contributed by atoms with E-state index in [2.05, 4.69) is 20.0 Å². The molecule has 1 amide bonds. The SMILES string of the molecule is Cc1ccc(C(=O)N2CCN(c3ccc(N4CCCCC4)nn3)CC2)cc1F. The smallest absolute Gasteiger partial charge is 0.254 e. The zero-order valence-corrected chi connectivity index (χ0v) is 16.3. The van der Waals surface area contributed by atoms with Crippen LogP contribution in [0.5, 0.6) is 0 Å². The Balaban J connectivity index is 1.35. The maximum absolute atomic E-state index is 13.8. The van der Waals surface area contributed by atoms with Crippen molar-refractivity contribution in [3.63, 3.8) is 0 Å². The van der Waals surface area contributed by atoms with E-state index < -0.39 is 0 Å². The summed E-state index contributed by atoms with van der Waals surface area (Å²) in [6, 6.07) is 8.73. The van der Waals surface area contributed by atoms with Crippen molar-refractivity contribution in [2.24, 2.45) is 0 Å². The summed E-state index contributed by atoms with van der Waals surface area (Å²) in [6.07, 6.45) is 3.72. The molecule has 7 heteroatoms. The number of halogens is 1. The van der Waals surface area contributed by atoms with E-state index in [1.807, 2.05) is 12.1 Å². The van der Waals surface area contributed by atoms with Crippen LogP contribution in [0.1, 0.15) is 35.2 Å². The van der Waals surface area contributed by atoms with Gasteiger partial charge in [0, 0.05) is 44.8 Å². The maximum atomic E-state index is 13.8. The van der Waals surface area contributed by atoms with E-state index in [0.29, 0.717) is 37.3 Å². The molecule has 2 aromatic rings. The number of benzene rings is 1. The summed E-state index contributed by atoms with van der Waals surface area (Å²) in [6.45, 7) is 6.35. The second-order valence-electron chi connectivity index (χ2n) is 7.54. The summed E-state index contributed by atoms with van der Waals surface area (Å²) in [7, 11) is 0. The lowest BCUT2D eigenvalue weighted by Gasteiger charge is -2.35. The number of aryl methyl sites for hydroxylation is 1. The van der Waals surface area contributed by atoms with Crippen molar-refractivity contribution in [3.05, 3.63) is 47.3 Å². The van der Waals surface area contributed by atoms with Gasteiger partial charge in [-0.3, -0.25) is 4.79 Å². The summed E-state index contributed by atoms with van der Waals surface area (Å²) in [5.74, 6) is 1.33. The van der Waals surface area contributed by atoms with Gasteiger partial charge in [-0.05, 0) is 56.0 Å². The molecular weight excluding hydrogens is 357 g/mol. The van der Waals surface area contributed by atoms with Gasteiger partial charge in [0.2, 0.25) is 0 Å². The molecule has 2 fully saturated rings. The third-order valence-electron chi connectivity index (χ3n) is 5.63. The standard InChI is InChI=1S/C21H26FN5O/c1-16-5-6-17(15-18(16)22)21(28)27-13-11-26(12-14-27)20-8-7-19(23-24-20)25-9-3-2-4-10-25/h5-8,15H,2-4,9-14H2,1H3. The van der Waals surface area contributed by atoms with E-state index in [4.69, 9.17) is 0 Å². The summed E-state index contributed by atoms with van der Waals surface area (Å²) >= 11 is 0. The number of nitrogens with zero attached hydrogens (tertiary/aromatic N) is 5. The lowest BCUT2D eigenvalue weighted by atomic mass is 10.1. The van der Waals surface area contributed by atoms with Crippen molar-refractivity contribution >= 4 is 17.5 Å². The number of piperazine rings is 1. The van der Waals surface area contributed by atoms with E-state index in [9.17, 15) is 9.18 Å². The molecule has 0 spiro atoms. The fraction of sp³-hybridized carbons (Fsp3) is 0.476. The minimum Gasteiger partial charge on any atom is -0.355 e. The number of anilines is 2. The molecule has 148 valence electrons. The van der Waals surface area contributed by atoms with Crippen molar-refractivity contribution in [3.8, 4) is 0 Å². The third-order valence-corrected chi connectivity index (χ3v) is 5.63. The first kappa shape index (κ1) is 18.7. The van der Waals surface area contributed by atoms with Crippen molar-refractivity contribution in [1.82, 2.24) is 15.1 Å². The Bertz CT molecular complexity index is 827. The van der Waals surface area contributed by atoms with Gasteiger partial charge in [-0.25, -0.2) is 4.39 Å². The van der Waals surface area contributed by atoms with Gasteiger partial charge in [-0.15, -0.1) is 10.2 Å². The second kappa shape index (κ2) is 8.12. The average molecular weight is 383 g/mol. The molecule has 1 aromatic heterocycles. The number of hydrogen-bond donors (Lipinski definition) is 0. The summed E-state index contributed by atoms with van der Waals surface area (Å²) in [5.41, 5.74) is 0.954. The highest BCUT2D eigenvalue weighted by molar-refractivity contribution is 5.94. The second-order valence-corrected chi connectivity index (χ2v) is 7.54. The molecule has 6 nitrogen and oxygen atoms in total. The topological polar surface area (TPSA) is 52.6 Å². The predicted molar refractivity (Wildman–Crippen MR) is 107 cm³/mol. The van der Waals surface area contributed by atoms with E-state index in [0.717, 1.165) is 24.7 Å². The van der Waals surface area contributed by atoms with Crippen LogP contribution in [0.25, 0.3) is 0 Å². The number of amides is 1. The summed E-state index contributed by atoms with van der Waals surface area (Å²) in [5, 5.41) is 8.82. The van der Waals surface area contributed by atoms with Gasteiger partial charge in [0.25, 0.3) is 5.91 Å².